The van der Waals surface area contributed by atoms with E-state index >= 15 is 0 Å². The van der Waals surface area contributed by atoms with Crippen LogP contribution in [0.15, 0.2) is 49.1 Å². The van der Waals surface area contributed by atoms with Gasteiger partial charge in [-0.3, -0.25) is 0 Å². The van der Waals surface area contributed by atoms with Crippen molar-refractivity contribution >= 4 is 0 Å². The Morgan fingerprint density at radius 2 is 0.955 bits per heavy atom. The van der Waals surface area contributed by atoms with E-state index < -0.39 is 0 Å². The summed E-state index contributed by atoms with van der Waals surface area (Å²) in [6.07, 6.45) is 13.7. The smallest absolute Gasteiger partial charge is 0.169 e. The van der Waals surface area contributed by atoms with Crippen LogP contribution >= 0.6 is 0 Å². The highest BCUT2D eigenvalue weighted by Gasteiger charge is 2.05. The summed E-state index contributed by atoms with van der Waals surface area (Å²) in [5.41, 5.74) is 2.58. The fourth-order valence-corrected chi connectivity index (χ4v) is 2.28. The van der Waals surface area contributed by atoms with Crippen LogP contribution in [0, 0.1) is 0 Å². The average Bonchev–Trinajstić information content (AvgIpc) is 2.52. The van der Waals surface area contributed by atoms with Gasteiger partial charge in [-0.25, -0.2) is 9.13 Å². The van der Waals surface area contributed by atoms with Crippen LogP contribution in [0.4, 0.5) is 0 Å². The van der Waals surface area contributed by atoms with Crippen molar-refractivity contribution in [2.24, 2.45) is 0 Å². The number of pyridine rings is 2. The molecule has 2 nitrogen and oxygen atoms in total. The van der Waals surface area contributed by atoms with Crippen LogP contribution in [0.5, 0.6) is 0 Å². The summed E-state index contributed by atoms with van der Waals surface area (Å²) in [5, 5.41) is 0. The molecule has 0 unspecified atom stereocenters. The second kappa shape index (κ2) is 12.2. The molecule has 0 aliphatic heterocycles. The molecule has 2 aromatic rings. The molecule has 0 aliphatic rings. The zero-order chi connectivity index (χ0) is 14.2. The van der Waals surface area contributed by atoms with Crippen LogP contribution in [0.2, 0.25) is 0 Å². The van der Waals surface area contributed by atoms with Gasteiger partial charge < -0.3 is 48.0 Å². The topological polar surface area (TPSA) is 7.76 Å². The van der Waals surface area contributed by atoms with Gasteiger partial charge in [0.15, 0.2) is 24.8 Å². The lowest BCUT2D eigenvalue weighted by Crippen LogP contribution is -3.00. The summed E-state index contributed by atoms with van der Waals surface area (Å²) in [6.45, 7) is 6.69. The third-order valence-electron chi connectivity index (χ3n) is 3.66. The summed E-state index contributed by atoms with van der Waals surface area (Å²) in [6, 6.07) is 8.84. The Morgan fingerprint density at radius 1 is 0.636 bits per heavy atom. The molecule has 0 saturated heterocycles. The minimum Gasteiger partial charge on any atom is -1.00 e. The summed E-state index contributed by atoms with van der Waals surface area (Å²) in [7, 11) is 0. The van der Waals surface area contributed by atoms with Gasteiger partial charge in [-0.2, -0.15) is 0 Å². The molecule has 0 spiro atoms. The van der Waals surface area contributed by atoms with E-state index in [9.17, 15) is 0 Å². The number of aromatic nitrogens is 2. The monoisotopic (exact) mass is 524 g/mol. The predicted octanol–water partition coefficient (Wildman–Crippen LogP) is -2.46. The van der Waals surface area contributed by atoms with Gasteiger partial charge >= 0.3 is 0 Å². The van der Waals surface area contributed by atoms with Crippen molar-refractivity contribution < 1.29 is 57.1 Å². The quantitative estimate of drug-likeness (QED) is 0.281. The van der Waals surface area contributed by atoms with Gasteiger partial charge in [0.2, 0.25) is 0 Å². The highest BCUT2D eigenvalue weighted by atomic mass is 127. The Labute approximate surface area is 169 Å². The number of hydrogen-bond acceptors (Lipinski definition) is 0. The number of rotatable bonds is 7. The Bertz CT molecular complexity index is 460. The summed E-state index contributed by atoms with van der Waals surface area (Å²) in [4.78, 5) is 0. The largest absolute Gasteiger partial charge is 1.00 e. The molecule has 2 rings (SSSR count). The van der Waals surface area contributed by atoms with Gasteiger partial charge in [0.25, 0.3) is 0 Å². The van der Waals surface area contributed by atoms with Crippen molar-refractivity contribution in [2.45, 2.75) is 52.6 Å². The molecule has 0 N–H and O–H groups in total. The van der Waals surface area contributed by atoms with E-state index in [-0.39, 0.29) is 48.0 Å². The Hall–Kier alpha value is -0.240. The lowest BCUT2D eigenvalue weighted by Gasteiger charge is -2.01. The first-order chi connectivity index (χ1) is 9.83. The van der Waals surface area contributed by atoms with Gasteiger partial charge in [0.1, 0.15) is 13.1 Å². The number of halogens is 2. The van der Waals surface area contributed by atoms with Crippen LogP contribution in [0.3, 0.4) is 0 Å². The van der Waals surface area contributed by atoms with Crippen molar-refractivity contribution in [1.82, 2.24) is 0 Å². The maximum absolute atomic E-state index is 2.26. The van der Waals surface area contributed by atoms with E-state index in [1.165, 1.54) is 36.8 Å². The molecular formula is C18H26I2N2. The lowest BCUT2D eigenvalue weighted by molar-refractivity contribution is -0.697. The summed E-state index contributed by atoms with van der Waals surface area (Å²) < 4.78 is 4.52. The molecular weight excluding hydrogens is 498 g/mol. The Morgan fingerprint density at radius 3 is 1.23 bits per heavy atom. The van der Waals surface area contributed by atoms with Crippen LogP contribution in [0.25, 0.3) is 11.1 Å². The van der Waals surface area contributed by atoms with Gasteiger partial charge in [-0.15, -0.1) is 0 Å². The average molecular weight is 524 g/mol. The second-order valence-electron chi connectivity index (χ2n) is 5.36. The molecule has 0 bridgehead atoms. The van der Waals surface area contributed by atoms with Crippen LogP contribution in [-0.2, 0) is 13.1 Å². The first kappa shape index (κ1) is 21.8. The minimum absolute atomic E-state index is 0. The molecule has 2 heterocycles. The molecule has 0 atom stereocenters. The van der Waals surface area contributed by atoms with Crippen molar-refractivity contribution in [2.75, 3.05) is 0 Å². The Kier molecular flexibility index (Phi) is 12.1. The molecule has 22 heavy (non-hydrogen) atoms. The zero-order valence-corrected chi connectivity index (χ0v) is 17.8. The van der Waals surface area contributed by atoms with Gasteiger partial charge in [0.05, 0.1) is 0 Å². The van der Waals surface area contributed by atoms with Crippen molar-refractivity contribution in [3.05, 3.63) is 49.1 Å². The standard InChI is InChI=1S/C18H26N2.2HI/c1-3-5-11-19-13-7-17(8-14-19)18-9-15-20(16-10-18)12-6-4-2;;/h7-10,13-16H,3-6,11-12H2,1-2H3;2*1H/q+2;;/p-2. The van der Waals surface area contributed by atoms with E-state index in [0.717, 1.165) is 13.1 Å². The van der Waals surface area contributed by atoms with E-state index in [4.69, 9.17) is 0 Å². The van der Waals surface area contributed by atoms with Crippen molar-refractivity contribution in [1.29, 1.82) is 0 Å². The highest BCUT2D eigenvalue weighted by molar-refractivity contribution is 5.60. The molecule has 0 amide bonds. The van der Waals surface area contributed by atoms with E-state index in [1.807, 2.05) is 0 Å². The summed E-state index contributed by atoms with van der Waals surface area (Å²) in [5.74, 6) is 0. The summed E-state index contributed by atoms with van der Waals surface area (Å²) >= 11 is 0. The lowest BCUT2D eigenvalue weighted by atomic mass is 10.1. The number of nitrogens with zero attached hydrogens (tertiary/aromatic N) is 2. The number of aryl methyl sites for hydroxylation is 2. The van der Waals surface area contributed by atoms with E-state index in [2.05, 4.69) is 72.0 Å². The van der Waals surface area contributed by atoms with Gasteiger partial charge in [-0.05, 0) is 11.1 Å². The molecule has 122 valence electrons. The number of hydrogen-bond donors (Lipinski definition) is 0. The SMILES string of the molecule is CCCC[n+]1ccc(-c2cc[n+](CCCC)cc2)cc1.[I-].[I-]. The Balaban J connectivity index is 0.00000220. The van der Waals surface area contributed by atoms with Crippen molar-refractivity contribution in [3.8, 4) is 11.1 Å². The van der Waals surface area contributed by atoms with E-state index in [1.54, 1.807) is 0 Å². The molecule has 4 heteroatoms. The van der Waals surface area contributed by atoms with Gasteiger partial charge in [0, 0.05) is 37.1 Å². The van der Waals surface area contributed by atoms with Crippen LogP contribution in [-0.4, -0.2) is 0 Å². The third-order valence-corrected chi connectivity index (χ3v) is 3.66. The zero-order valence-electron chi connectivity index (χ0n) is 13.5. The van der Waals surface area contributed by atoms with Crippen molar-refractivity contribution in [3.63, 3.8) is 0 Å². The first-order valence-corrected chi connectivity index (χ1v) is 7.82. The predicted molar refractivity (Wildman–Crippen MR) is 82.1 cm³/mol. The maximum atomic E-state index is 2.26. The maximum Gasteiger partial charge on any atom is 0.169 e. The molecule has 0 saturated carbocycles. The number of unbranched alkanes of at least 4 members (excludes halogenated alkanes) is 2. The van der Waals surface area contributed by atoms with E-state index in [0.29, 0.717) is 0 Å². The van der Waals surface area contributed by atoms with Crippen LogP contribution in [0.1, 0.15) is 39.5 Å². The fraction of sp³-hybridized carbons (Fsp3) is 0.444. The fourth-order valence-electron chi connectivity index (χ4n) is 2.28. The van der Waals surface area contributed by atoms with Gasteiger partial charge in [-0.1, -0.05) is 26.7 Å². The normalized spacial score (nSPS) is 9.73. The molecule has 2 aromatic heterocycles. The highest BCUT2D eigenvalue weighted by Crippen LogP contribution is 2.15. The van der Waals surface area contributed by atoms with Crippen LogP contribution < -0.4 is 57.1 Å². The third kappa shape index (κ3) is 6.89. The second-order valence-corrected chi connectivity index (χ2v) is 5.36. The molecule has 0 fully saturated rings. The molecule has 0 radical (unpaired) electrons. The first-order valence-electron chi connectivity index (χ1n) is 7.82. The molecule has 0 aromatic carbocycles. The minimum atomic E-state index is 0. The molecule has 0 aliphatic carbocycles.